The van der Waals surface area contributed by atoms with Gasteiger partial charge in [-0.3, -0.25) is 9.59 Å². The zero-order valence-electron chi connectivity index (χ0n) is 13.9. The number of amides is 2. The van der Waals surface area contributed by atoms with Gasteiger partial charge in [0.05, 0.1) is 6.42 Å². The summed E-state index contributed by atoms with van der Waals surface area (Å²) >= 11 is 0. The van der Waals surface area contributed by atoms with E-state index in [0.717, 1.165) is 5.56 Å². The number of rotatable bonds is 3. The topological polar surface area (TPSA) is 40.6 Å². The van der Waals surface area contributed by atoms with Crippen LogP contribution < -0.4 is 0 Å². The lowest BCUT2D eigenvalue weighted by atomic mass is 10.1. The Kier molecular flexibility index (Phi) is 4.94. The molecule has 0 bridgehead atoms. The van der Waals surface area contributed by atoms with Crippen LogP contribution >= 0.6 is 0 Å². The highest BCUT2D eigenvalue weighted by Crippen LogP contribution is 2.11. The number of piperazine rings is 1. The maximum Gasteiger partial charge on any atom is 0.253 e. The van der Waals surface area contributed by atoms with E-state index in [1.54, 1.807) is 0 Å². The largest absolute Gasteiger partial charge is 0.339 e. The molecule has 2 aromatic rings. The quantitative estimate of drug-likeness (QED) is 0.871. The molecule has 0 unspecified atom stereocenters. The van der Waals surface area contributed by atoms with Crippen LogP contribution in [-0.4, -0.2) is 47.8 Å². The maximum absolute atomic E-state index is 12.4. The van der Waals surface area contributed by atoms with E-state index < -0.39 is 0 Å². The Bertz CT molecular complexity index is 719. The van der Waals surface area contributed by atoms with Gasteiger partial charge in [-0.25, -0.2) is 0 Å². The lowest BCUT2D eigenvalue weighted by Gasteiger charge is -2.35. The summed E-state index contributed by atoms with van der Waals surface area (Å²) in [6, 6.07) is 17.3. The van der Waals surface area contributed by atoms with Gasteiger partial charge in [0.1, 0.15) is 0 Å². The van der Waals surface area contributed by atoms with Crippen LogP contribution in [0.25, 0.3) is 0 Å². The van der Waals surface area contributed by atoms with Gasteiger partial charge in [-0.1, -0.05) is 48.0 Å². The summed E-state index contributed by atoms with van der Waals surface area (Å²) in [7, 11) is 0. The van der Waals surface area contributed by atoms with Crippen molar-refractivity contribution >= 4 is 11.8 Å². The lowest BCUT2D eigenvalue weighted by molar-refractivity contribution is -0.131. The predicted octanol–water partition coefficient (Wildman–Crippen LogP) is 2.52. The van der Waals surface area contributed by atoms with E-state index in [1.165, 1.54) is 5.56 Å². The molecule has 2 aromatic carbocycles. The minimum atomic E-state index is 0.0429. The van der Waals surface area contributed by atoms with E-state index in [1.807, 2.05) is 71.3 Å². The van der Waals surface area contributed by atoms with E-state index in [0.29, 0.717) is 38.2 Å². The van der Waals surface area contributed by atoms with Crippen molar-refractivity contribution in [3.8, 4) is 0 Å². The fraction of sp³-hybridized carbons (Fsp3) is 0.300. The van der Waals surface area contributed by atoms with Gasteiger partial charge in [-0.2, -0.15) is 0 Å². The second-order valence-corrected chi connectivity index (χ2v) is 6.20. The van der Waals surface area contributed by atoms with Gasteiger partial charge in [-0.05, 0) is 24.6 Å². The fourth-order valence-corrected chi connectivity index (χ4v) is 3.03. The first-order chi connectivity index (χ1) is 11.6. The number of aryl methyl sites for hydroxylation is 1. The van der Waals surface area contributed by atoms with E-state index in [4.69, 9.17) is 0 Å². The van der Waals surface area contributed by atoms with E-state index in [2.05, 4.69) is 0 Å². The van der Waals surface area contributed by atoms with Crippen LogP contribution in [0.3, 0.4) is 0 Å². The third kappa shape index (κ3) is 3.82. The Hall–Kier alpha value is -2.62. The van der Waals surface area contributed by atoms with Gasteiger partial charge >= 0.3 is 0 Å². The van der Waals surface area contributed by atoms with Crippen LogP contribution in [0.2, 0.25) is 0 Å². The number of hydrogen-bond donors (Lipinski definition) is 0. The molecule has 1 aliphatic rings. The first-order valence-corrected chi connectivity index (χ1v) is 8.31. The summed E-state index contributed by atoms with van der Waals surface area (Å²) in [5.74, 6) is 0.175. The summed E-state index contributed by atoms with van der Waals surface area (Å²) < 4.78 is 0. The molecule has 0 N–H and O–H groups in total. The molecule has 1 heterocycles. The molecule has 124 valence electrons. The molecule has 0 saturated carbocycles. The SMILES string of the molecule is Cc1cccc(CC(=O)N2CCN(C(=O)c3ccccc3)CC2)c1. The molecule has 24 heavy (non-hydrogen) atoms. The van der Waals surface area contributed by atoms with E-state index >= 15 is 0 Å². The monoisotopic (exact) mass is 322 g/mol. The van der Waals surface area contributed by atoms with Crippen molar-refractivity contribution < 1.29 is 9.59 Å². The average molecular weight is 322 g/mol. The van der Waals surface area contributed by atoms with Crippen molar-refractivity contribution in [3.05, 3.63) is 71.3 Å². The zero-order chi connectivity index (χ0) is 16.9. The Morgan fingerprint density at radius 2 is 1.54 bits per heavy atom. The molecule has 4 nitrogen and oxygen atoms in total. The van der Waals surface area contributed by atoms with Crippen molar-refractivity contribution in [1.29, 1.82) is 0 Å². The predicted molar refractivity (Wildman–Crippen MR) is 93.8 cm³/mol. The molecule has 1 saturated heterocycles. The minimum Gasteiger partial charge on any atom is -0.339 e. The average Bonchev–Trinajstić information content (AvgIpc) is 2.62. The third-order valence-corrected chi connectivity index (χ3v) is 4.38. The summed E-state index contributed by atoms with van der Waals surface area (Å²) in [5.41, 5.74) is 2.92. The Balaban J connectivity index is 1.55. The van der Waals surface area contributed by atoms with E-state index in [-0.39, 0.29) is 11.8 Å². The molecular formula is C20H22N2O2. The summed E-state index contributed by atoms with van der Waals surface area (Å²) in [5, 5.41) is 0. The van der Waals surface area contributed by atoms with Gasteiger partial charge in [0.2, 0.25) is 5.91 Å². The molecule has 2 amide bonds. The molecule has 0 spiro atoms. The van der Waals surface area contributed by atoms with Crippen molar-refractivity contribution in [2.75, 3.05) is 26.2 Å². The second kappa shape index (κ2) is 7.30. The molecule has 3 rings (SSSR count). The lowest BCUT2D eigenvalue weighted by Crippen LogP contribution is -2.51. The fourth-order valence-electron chi connectivity index (χ4n) is 3.03. The second-order valence-electron chi connectivity index (χ2n) is 6.20. The molecule has 1 aliphatic heterocycles. The van der Waals surface area contributed by atoms with Crippen LogP contribution in [0.1, 0.15) is 21.5 Å². The van der Waals surface area contributed by atoms with Crippen LogP contribution in [0.4, 0.5) is 0 Å². The number of carbonyl (C=O) groups excluding carboxylic acids is 2. The molecular weight excluding hydrogens is 300 g/mol. The maximum atomic E-state index is 12.4. The first kappa shape index (κ1) is 16.2. The molecule has 4 heteroatoms. The van der Waals surface area contributed by atoms with Crippen LogP contribution in [0.15, 0.2) is 54.6 Å². The molecule has 0 radical (unpaired) electrons. The van der Waals surface area contributed by atoms with Crippen LogP contribution in [0, 0.1) is 6.92 Å². The van der Waals surface area contributed by atoms with Crippen molar-refractivity contribution in [2.45, 2.75) is 13.3 Å². The molecule has 0 aliphatic carbocycles. The van der Waals surface area contributed by atoms with Crippen molar-refractivity contribution in [1.82, 2.24) is 9.80 Å². The first-order valence-electron chi connectivity index (χ1n) is 8.31. The highest BCUT2D eigenvalue weighted by molar-refractivity contribution is 5.94. The van der Waals surface area contributed by atoms with Crippen molar-refractivity contribution in [2.24, 2.45) is 0 Å². The number of nitrogens with zero attached hydrogens (tertiary/aromatic N) is 2. The van der Waals surface area contributed by atoms with E-state index in [9.17, 15) is 9.59 Å². The van der Waals surface area contributed by atoms with Gasteiger partial charge in [-0.15, -0.1) is 0 Å². The smallest absolute Gasteiger partial charge is 0.253 e. The third-order valence-electron chi connectivity index (χ3n) is 4.38. The van der Waals surface area contributed by atoms with Crippen LogP contribution in [-0.2, 0) is 11.2 Å². The summed E-state index contributed by atoms with van der Waals surface area (Å²) in [6.45, 7) is 4.41. The number of carbonyl (C=O) groups is 2. The van der Waals surface area contributed by atoms with Gasteiger partial charge in [0.15, 0.2) is 0 Å². The van der Waals surface area contributed by atoms with Gasteiger partial charge < -0.3 is 9.80 Å². The Labute approximate surface area is 142 Å². The Morgan fingerprint density at radius 3 is 2.21 bits per heavy atom. The number of benzene rings is 2. The normalized spacial score (nSPS) is 14.5. The summed E-state index contributed by atoms with van der Waals surface area (Å²) in [6.07, 6.45) is 0.425. The highest BCUT2D eigenvalue weighted by atomic mass is 16.2. The minimum absolute atomic E-state index is 0.0429. The van der Waals surface area contributed by atoms with Gasteiger partial charge in [0.25, 0.3) is 5.91 Å². The number of hydrogen-bond acceptors (Lipinski definition) is 2. The Morgan fingerprint density at radius 1 is 0.875 bits per heavy atom. The highest BCUT2D eigenvalue weighted by Gasteiger charge is 2.24. The van der Waals surface area contributed by atoms with Crippen LogP contribution in [0.5, 0.6) is 0 Å². The van der Waals surface area contributed by atoms with Gasteiger partial charge in [0, 0.05) is 31.7 Å². The zero-order valence-corrected chi connectivity index (χ0v) is 13.9. The molecule has 0 aromatic heterocycles. The van der Waals surface area contributed by atoms with Crippen molar-refractivity contribution in [3.63, 3.8) is 0 Å². The molecule has 0 atom stereocenters. The molecule has 1 fully saturated rings. The standard InChI is InChI=1S/C20H22N2O2/c1-16-6-5-7-17(14-16)15-19(23)21-10-12-22(13-11-21)20(24)18-8-3-2-4-9-18/h2-9,14H,10-13,15H2,1H3. The summed E-state index contributed by atoms with van der Waals surface area (Å²) in [4.78, 5) is 28.6.